The molecular formula is C16H30N8O7. The lowest BCUT2D eigenvalue weighted by atomic mass is 10.1. The van der Waals surface area contributed by atoms with E-state index in [0.29, 0.717) is 0 Å². The van der Waals surface area contributed by atoms with Gasteiger partial charge in [0, 0.05) is 6.54 Å². The Morgan fingerprint density at radius 2 is 1.42 bits per heavy atom. The fourth-order valence-electron chi connectivity index (χ4n) is 2.22. The highest BCUT2D eigenvalue weighted by atomic mass is 16.4. The van der Waals surface area contributed by atoms with E-state index in [4.69, 9.17) is 28.0 Å². The zero-order valence-electron chi connectivity index (χ0n) is 17.0. The summed E-state index contributed by atoms with van der Waals surface area (Å²) in [7, 11) is 0. The Morgan fingerprint density at radius 3 is 1.87 bits per heavy atom. The third kappa shape index (κ3) is 11.3. The number of hydrogen-bond donors (Lipinski definition) is 9. The van der Waals surface area contributed by atoms with Crippen molar-refractivity contribution in [2.75, 3.05) is 13.2 Å². The number of aliphatic hydroxyl groups excluding tert-OH is 1. The maximum atomic E-state index is 12.6. The molecule has 0 aliphatic heterocycles. The van der Waals surface area contributed by atoms with Crippen molar-refractivity contribution in [3.05, 3.63) is 0 Å². The monoisotopic (exact) mass is 446 g/mol. The summed E-state index contributed by atoms with van der Waals surface area (Å²) in [4.78, 5) is 62.5. The van der Waals surface area contributed by atoms with Gasteiger partial charge in [0.15, 0.2) is 5.96 Å². The van der Waals surface area contributed by atoms with Gasteiger partial charge in [-0.1, -0.05) is 0 Å². The molecule has 0 bridgehead atoms. The molecule has 4 unspecified atom stereocenters. The predicted molar refractivity (Wildman–Crippen MR) is 108 cm³/mol. The van der Waals surface area contributed by atoms with Crippen LogP contribution >= 0.6 is 0 Å². The lowest BCUT2D eigenvalue weighted by Gasteiger charge is -2.23. The van der Waals surface area contributed by atoms with E-state index in [1.807, 2.05) is 5.32 Å². The van der Waals surface area contributed by atoms with E-state index in [1.54, 1.807) is 0 Å². The minimum Gasteiger partial charge on any atom is -0.480 e. The molecule has 0 saturated heterocycles. The number of aliphatic imine (C=N–C) groups is 1. The zero-order chi connectivity index (χ0) is 24.1. The van der Waals surface area contributed by atoms with E-state index >= 15 is 0 Å². The number of carboxylic acids is 1. The van der Waals surface area contributed by atoms with Crippen LogP contribution in [0.15, 0.2) is 4.99 Å². The molecule has 15 heteroatoms. The van der Waals surface area contributed by atoms with Gasteiger partial charge in [-0.25, -0.2) is 4.79 Å². The van der Waals surface area contributed by atoms with Crippen molar-refractivity contribution in [3.8, 4) is 0 Å². The van der Waals surface area contributed by atoms with Crippen LogP contribution in [0.25, 0.3) is 0 Å². The number of carbonyl (C=O) groups excluding carboxylic acids is 4. The van der Waals surface area contributed by atoms with Crippen LogP contribution in [0.5, 0.6) is 0 Å². The van der Waals surface area contributed by atoms with Gasteiger partial charge in [0.05, 0.1) is 19.1 Å². The summed E-state index contributed by atoms with van der Waals surface area (Å²) in [5.41, 5.74) is 20.9. The number of primary amides is 1. The Hall–Kier alpha value is -3.46. The highest BCUT2D eigenvalue weighted by Gasteiger charge is 2.30. The minimum atomic E-state index is -1.65. The lowest BCUT2D eigenvalue weighted by molar-refractivity contribution is -0.144. The minimum absolute atomic E-state index is 0.0697. The number of aliphatic hydroxyl groups is 1. The molecule has 13 N–H and O–H groups in total. The van der Waals surface area contributed by atoms with Crippen LogP contribution in [0.4, 0.5) is 0 Å². The molecular weight excluding hydrogens is 416 g/mol. The number of nitrogens with one attached hydrogen (secondary N) is 3. The fraction of sp³-hybridized carbons (Fsp3) is 0.625. The molecule has 0 aliphatic rings. The van der Waals surface area contributed by atoms with Crippen LogP contribution in [0, 0.1) is 0 Å². The number of rotatable bonds is 14. The lowest BCUT2D eigenvalue weighted by Crippen LogP contribution is -2.58. The standard InChI is InChI=1S/C16H30N8O7/c1-7(17)12(27)22-8(3-2-4-21-16(19)20)13(28)24-10(6-25)14(29)23-9(15(30)31)5-11(18)26/h7-10,25H,2-6,17H2,1H3,(H2,18,26)(H,22,27)(H,23,29)(H,24,28)(H,30,31)(H4,19,20,21). The third-order valence-electron chi connectivity index (χ3n) is 3.83. The summed E-state index contributed by atoms with van der Waals surface area (Å²) < 4.78 is 0. The molecule has 0 fully saturated rings. The topological polar surface area (TPSA) is 278 Å². The summed E-state index contributed by atoms with van der Waals surface area (Å²) in [6.07, 6.45) is -0.337. The van der Waals surface area contributed by atoms with Gasteiger partial charge in [-0.2, -0.15) is 0 Å². The normalized spacial score (nSPS) is 14.3. The molecule has 31 heavy (non-hydrogen) atoms. The summed E-state index contributed by atoms with van der Waals surface area (Å²) in [6, 6.07) is -5.27. The summed E-state index contributed by atoms with van der Waals surface area (Å²) in [5.74, 6) is -5.20. The van der Waals surface area contributed by atoms with Crippen molar-refractivity contribution in [3.63, 3.8) is 0 Å². The zero-order valence-corrected chi connectivity index (χ0v) is 17.0. The van der Waals surface area contributed by atoms with Gasteiger partial charge in [-0.3, -0.25) is 24.2 Å². The Kier molecular flexibility index (Phi) is 12.2. The van der Waals surface area contributed by atoms with Crippen LogP contribution in [0.3, 0.4) is 0 Å². The molecule has 0 spiro atoms. The fourth-order valence-corrected chi connectivity index (χ4v) is 2.22. The average molecular weight is 446 g/mol. The van der Waals surface area contributed by atoms with Gasteiger partial charge in [0.25, 0.3) is 0 Å². The molecule has 0 aromatic heterocycles. The molecule has 0 radical (unpaired) electrons. The summed E-state index contributed by atoms with van der Waals surface area (Å²) in [6.45, 7) is 0.679. The predicted octanol–water partition coefficient (Wildman–Crippen LogP) is -5.21. The molecule has 0 rings (SSSR count). The second kappa shape index (κ2) is 13.7. The van der Waals surface area contributed by atoms with E-state index < -0.39 is 66.8 Å². The first-order valence-corrected chi connectivity index (χ1v) is 9.23. The second-order valence-electron chi connectivity index (χ2n) is 6.61. The molecule has 4 atom stereocenters. The molecule has 4 amide bonds. The van der Waals surface area contributed by atoms with Gasteiger partial charge in [0.1, 0.15) is 18.1 Å². The largest absolute Gasteiger partial charge is 0.480 e. The summed E-state index contributed by atoms with van der Waals surface area (Å²) in [5, 5.41) is 25.1. The van der Waals surface area contributed by atoms with Crippen molar-refractivity contribution in [2.45, 2.75) is 50.4 Å². The number of nitrogens with two attached hydrogens (primary N) is 4. The first-order valence-electron chi connectivity index (χ1n) is 9.23. The van der Waals surface area contributed by atoms with E-state index in [0.717, 1.165) is 0 Å². The maximum Gasteiger partial charge on any atom is 0.326 e. The van der Waals surface area contributed by atoms with Crippen molar-refractivity contribution in [2.24, 2.45) is 27.9 Å². The van der Waals surface area contributed by atoms with Gasteiger partial charge >= 0.3 is 5.97 Å². The number of carbonyl (C=O) groups is 5. The van der Waals surface area contributed by atoms with Crippen molar-refractivity contribution in [1.82, 2.24) is 16.0 Å². The van der Waals surface area contributed by atoms with Crippen LogP contribution in [0.2, 0.25) is 0 Å². The van der Waals surface area contributed by atoms with Gasteiger partial charge in [0.2, 0.25) is 23.6 Å². The highest BCUT2D eigenvalue weighted by Crippen LogP contribution is 2.01. The van der Waals surface area contributed by atoms with E-state index in [-0.39, 0.29) is 25.3 Å². The second-order valence-corrected chi connectivity index (χ2v) is 6.61. The number of nitrogens with zero attached hydrogens (tertiary/aromatic N) is 1. The van der Waals surface area contributed by atoms with Gasteiger partial charge in [-0.15, -0.1) is 0 Å². The molecule has 0 heterocycles. The molecule has 0 saturated carbocycles. The van der Waals surface area contributed by atoms with Crippen molar-refractivity contribution < 1.29 is 34.2 Å². The summed E-state index contributed by atoms with van der Waals surface area (Å²) >= 11 is 0. The van der Waals surface area contributed by atoms with E-state index in [9.17, 15) is 29.1 Å². The van der Waals surface area contributed by atoms with Crippen LogP contribution in [-0.2, 0) is 24.0 Å². The highest BCUT2D eigenvalue weighted by molar-refractivity contribution is 5.94. The van der Waals surface area contributed by atoms with Gasteiger partial charge < -0.3 is 49.1 Å². The van der Waals surface area contributed by atoms with Gasteiger partial charge in [-0.05, 0) is 19.8 Å². The smallest absolute Gasteiger partial charge is 0.326 e. The first-order chi connectivity index (χ1) is 14.4. The van der Waals surface area contributed by atoms with Crippen LogP contribution in [-0.4, -0.2) is 83.1 Å². The van der Waals surface area contributed by atoms with E-state index in [1.165, 1.54) is 6.92 Å². The van der Waals surface area contributed by atoms with Crippen molar-refractivity contribution >= 4 is 35.6 Å². The van der Waals surface area contributed by atoms with E-state index in [2.05, 4.69) is 15.6 Å². The molecule has 15 nitrogen and oxygen atoms in total. The number of amides is 4. The maximum absolute atomic E-state index is 12.6. The Morgan fingerprint density at radius 1 is 0.903 bits per heavy atom. The van der Waals surface area contributed by atoms with Crippen molar-refractivity contribution in [1.29, 1.82) is 0 Å². The Balaban J connectivity index is 5.22. The SMILES string of the molecule is CC(N)C(=O)NC(CCCN=C(N)N)C(=O)NC(CO)C(=O)NC(CC(N)=O)C(=O)O. The quantitative estimate of drug-likeness (QED) is 0.0694. The number of guanidine groups is 1. The van der Waals surface area contributed by atoms with Crippen LogP contribution in [0.1, 0.15) is 26.2 Å². The Bertz CT molecular complexity index is 693. The third-order valence-corrected chi connectivity index (χ3v) is 3.83. The average Bonchev–Trinajstić information content (AvgIpc) is 2.66. The molecule has 0 aromatic rings. The Labute approximate surface area is 178 Å². The first kappa shape index (κ1) is 27.5. The van der Waals surface area contributed by atoms with Crippen LogP contribution < -0.4 is 38.9 Å². The number of hydrogen-bond acceptors (Lipinski definition) is 8. The number of aliphatic carboxylic acids is 1. The number of carboxylic acid groups (broad SMARTS) is 1. The molecule has 0 aromatic carbocycles. The molecule has 0 aliphatic carbocycles. The molecule has 176 valence electrons.